The van der Waals surface area contributed by atoms with Crippen LogP contribution in [0.3, 0.4) is 0 Å². The number of carboxylic acids is 1. The number of hydrogen-bond donors (Lipinski definition) is 2. The Morgan fingerprint density at radius 1 is 1.28 bits per heavy atom. The van der Waals surface area contributed by atoms with E-state index in [0.717, 1.165) is 23.4 Å². The first-order valence-electron chi connectivity index (χ1n) is 8.59. The van der Waals surface area contributed by atoms with Crippen LogP contribution in [-0.4, -0.2) is 28.0 Å². The number of hydrogen-bond acceptors (Lipinski definition) is 4. The molecule has 5 nitrogen and oxygen atoms in total. The second kappa shape index (κ2) is 7.78. The van der Waals surface area contributed by atoms with Crippen LogP contribution in [0.15, 0.2) is 30.3 Å². The number of carbonyl (C=O) groups is 2. The van der Waals surface area contributed by atoms with Crippen LogP contribution < -0.4 is 5.32 Å². The Kier molecular flexibility index (Phi) is 5.48. The van der Waals surface area contributed by atoms with E-state index in [0.29, 0.717) is 16.5 Å². The van der Waals surface area contributed by atoms with Gasteiger partial charge in [0, 0.05) is 12.3 Å². The zero-order chi connectivity index (χ0) is 17.8. The summed E-state index contributed by atoms with van der Waals surface area (Å²) in [5.74, 6) is -0.928. The lowest BCUT2D eigenvalue weighted by molar-refractivity contribution is -0.139. The number of aromatic nitrogens is 1. The van der Waals surface area contributed by atoms with Crippen molar-refractivity contribution in [2.75, 3.05) is 0 Å². The molecule has 0 aliphatic heterocycles. The van der Waals surface area contributed by atoms with Gasteiger partial charge < -0.3 is 10.4 Å². The molecule has 2 N–H and O–H groups in total. The molecule has 132 valence electrons. The molecule has 1 saturated carbocycles. The van der Waals surface area contributed by atoms with Gasteiger partial charge in [-0.05, 0) is 25.3 Å². The number of carboxylic acid groups (broad SMARTS) is 1. The van der Waals surface area contributed by atoms with Crippen molar-refractivity contribution in [3.05, 3.63) is 51.5 Å². The average molecular weight is 358 g/mol. The van der Waals surface area contributed by atoms with Crippen molar-refractivity contribution in [2.45, 2.75) is 51.0 Å². The van der Waals surface area contributed by atoms with E-state index in [9.17, 15) is 14.7 Å². The fourth-order valence-electron chi connectivity index (χ4n) is 3.25. The quantitative estimate of drug-likeness (QED) is 0.828. The minimum atomic E-state index is -1.03. The van der Waals surface area contributed by atoms with Crippen LogP contribution in [0, 0.1) is 6.92 Å². The summed E-state index contributed by atoms with van der Waals surface area (Å²) < 4.78 is 0. The molecule has 3 rings (SSSR count). The Balaban J connectivity index is 1.72. The summed E-state index contributed by atoms with van der Waals surface area (Å²) in [5, 5.41) is 13.1. The van der Waals surface area contributed by atoms with Crippen molar-refractivity contribution < 1.29 is 14.7 Å². The largest absolute Gasteiger partial charge is 0.480 e. The van der Waals surface area contributed by atoms with Gasteiger partial charge in [0.1, 0.15) is 10.9 Å². The van der Waals surface area contributed by atoms with E-state index in [4.69, 9.17) is 0 Å². The van der Waals surface area contributed by atoms with Crippen LogP contribution in [0.25, 0.3) is 0 Å². The Hall–Kier alpha value is -2.21. The highest BCUT2D eigenvalue weighted by atomic mass is 32.1. The van der Waals surface area contributed by atoms with Crippen LogP contribution in [0.4, 0.5) is 0 Å². The van der Waals surface area contributed by atoms with E-state index >= 15 is 0 Å². The van der Waals surface area contributed by atoms with Gasteiger partial charge in [-0.1, -0.05) is 43.2 Å². The van der Waals surface area contributed by atoms with Gasteiger partial charge in [0.2, 0.25) is 0 Å². The maximum Gasteiger partial charge on any atom is 0.326 e. The number of nitrogens with zero attached hydrogens (tertiary/aromatic N) is 1. The first-order chi connectivity index (χ1) is 12.0. The predicted molar refractivity (Wildman–Crippen MR) is 97.1 cm³/mol. The Labute approximate surface area is 151 Å². The number of rotatable bonds is 6. The van der Waals surface area contributed by atoms with Crippen molar-refractivity contribution in [2.24, 2.45) is 0 Å². The molecular weight excluding hydrogens is 336 g/mol. The average Bonchev–Trinajstić information content (AvgIpc) is 3.24. The van der Waals surface area contributed by atoms with E-state index < -0.39 is 12.0 Å². The summed E-state index contributed by atoms with van der Waals surface area (Å²) in [4.78, 5) is 29.2. The SMILES string of the molecule is Cc1nc(C2CCCC2)sc1C(=O)N[C@H](Cc1ccccc1)C(=O)O. The molecule has 0 spiro atoms. The van der Waals surface area contributed by atoms with Crippen molar-refractivity contribution in [1.82, 2.24) is 10.3 Å². The van der Waals surface area contributed by atoms with Gasteiger partial charge in [0.15, 0.2) is 0 Å². The lowest BCUT2D eigenvalue weighted by Gasteiger charge is -2.14. The summed E-state index contributed by atoms with van der Waals surface area (Å²) in [5.41, 5.74) is 1.57. The number of aryl methyl sites for hydroxylation is 1. The molecule has 0 saturated heterocycles. The van der Waals surface area contributed by atoms with E-state index in [1.54, 1.807) is 0 Å². The number of nitrogens with one attached hydrogen (secondary N) is 1. The second-order valence-corrected chi connectivity index (χ2v) is 7.53. The number of amides is 1. The van der Waals surface area contributed by atoms with Crippen LogP contribution in [-0.2, 0) is 11.2 Å². The highest BCUT2D eigenvalue weighted by Crippen LogP contribution is 2.37. The van der Waals surface area contributed by atoms with Gasteiger partial charge in [-0.25, -0.2) is 9.78 Å². The molecular formula is C19H22N2O3S. The molecule has 0 bridgehead atoms. The molecule has 1 aromatic heterocycles. The summed E-state index contributed by atoms with van der Waals surface area (Å²) in [6.07, 6.45) is 4.93. The monoisotopic (exact) mass is 358 g/mol. The van der Waals surface area contributed by atoms with Gasteiger partial charge >= 0.3 is 5.97 Å². The minimum Gasteiger partial charge on any atom is -0.480 e. The third kappa shape index (κ3) is 4.25. The fourth-order valence-corrected chi connectivity index (χ4v) is 4.39. The molecule has 1 aliphatic carbocycles. The van der Waals surface area contributed by atoms with E-state index in [2.05, 4.69) is 10.3 Å². The van der Waals surface area contributed by atoms with Crippen LogP contribution in [0.5, 0.6) is 0 Å². The summed E-state index contributed by atoms with van der Waals surface area (Å²) in [6.45, 7) is 1.82. The highest BCUT2D eigenvalue weighted by Gasteiger charge is 2.26. The third-order valence-electron chi connectivity index (χ3n) is 4.61. The molecule has 1 aromatic carbocycles. The van der Waals surface area contributed by atoms with E-state index in [-0.39, 0.29) is 12.3 Å². The van der Waals surface area contributed by atoms with Gasteiger partial charge in [0.05, 0.1) is 10.7 Å². The molecule has 1 aliphatic rings. The Bertz CT molecular complexity index is 751. The molecule has 1 fully saturated rings. The first-order valence-corrected chi connectivity index (χ1v) is 9.41. The summed E-state index contributed by atoms with van der Waals surface area (Å²) >= 11 is 1.41. The summed E-state index contributed by atoms with van der Waals surface area (Å²) in [7, 11) is 0. The van der Waals surface area contributed by atoms with Gasteiger partial charge in [0.25, 0.3) is 5.91 Å². The molecule has 2 aromatic rings. The molecule has 25 heavy (non-hydrogen) atoms. The van der Waals surface area contributed by atoms with Gasteiger partial charge in [-0.3, -0.25) is 4.79 Å². The van der Waals surface area contributed by atoms with E-state index in [1.807, 2.05) is 37.3 Å². The molecule has 6 heteroatoms. The standard InChI is InChI=1S/C19H22N2O3S/c1-12-16(25-18(20-12)14-9-5-6-10-14)17(22)21-15(19(23)24)11-13-7-3-2-4-8-13/h2-4,7-8,14-15H,5-6,9-11H2,1H3,(H,21,22)(H,23,24)/t15-/m1/s1. The van der Waals surface area contributed by atoms with Crippen LogP contribution in [0.1, 0.15) is 57.5 Å². The highest BCUT2D eigenvalue weighted by molar-refractivity contribution is 7.13. The van der Waals surface area contributed by atoms with Gasteiger partial charge in [-0.2, -0.15) is 0 Å². The van der Waals surface area contributed by atoms with Crippen LogP contribution in [0.2, 0.25) is 0 Å². The topological polar surface area (TPSA) is 79.3 Å². The number of benzene rings is 1. The Morgan fingerprint density at radius 2 is 1.96 bits per heavy atom. The zero-order valence-corrected chi connectivity index (χ0v) is 15.0. The number of aliphatic carboxylic acids is 1. The second-order valence-electron chi connectivity index (χ2n) is 6.50. The lowest BCUT2D eigenvalue weighted by Crippen LogP contribution is -2.42. The molecule has 1 amide bonds. The van der Waals surface area contributed by atoms with Crippen molar-refractivity contribution in [3.63, 3.8) is 0 Å². The zero-order valence-electron chi connectivity index (χ0n) is 14.2. The lowest BCUT2D eigenvalue weighted by atomic mass is 10.1. The van der Waals surface area contributed by atoms with Crippen molar-refractivity contribution in [3.8, 4) is 0 Å². The maximum absolute atomic E-state index is 12.6. The summed E-state index contributed by atoms with van der Waals surface area (Å²) in [6, 6.07) is 8.36. The predicted octanol–water partition coefficient (Wildman–Crippen LogP) is 3.53. The normalized spacial score (nSPS) is 15.9. The van der Waals surface area contributed by atoms with E-state index in [1.165, 1.54) is 24.2 Å². The maximum atomic E-state index is 12.6. The molecule has 0 radical (unpaired) electrons. The van der Waals surface area contributed by atoms with Crippen molar-refractivity contribution >= 4 is 23.2 Å². The smallest absolute Gasteiger partial charge is 0.326 e. The number of thiazole rings is 1. The van der Waals surface area contributed by atoms with Crippen molar-refractivity contribution in [1.29, 1.82) is 0 Å². The third-order valence-corrected chi connectivity index (χ3v) is 5.93. The molecule has 1 heterocycles. The molecule has 1 atom stereocenters. The number of carbonyl (C=O) groups excluding carboxylic acids is 1. The Morgan fingerprint density at radius 3 is 2.60 bits per heavy atom. The molecule has 0 unspecified atom stereocenters. The van der Waals surface area contributed by atoms with Gasteiger partial charge in [-0.15, -0.1) is 11.3 Å². The minimum absolute atomic E-state index is 0.259. The first kappa shape index (κ1) is 17.6. The fraction of sp³-hybridized carbons (Fsp3) is 0.421. The van der Waals surface area contributed by atoms with Crippen LogP contribution >= 0.6 is 11.3 Å².